The van der Waals surface area contributed by atoms with E-state index in [1.54, 1.807) is 25.1 Å². The molecule has 0 fully saturated rings. The Kier molecular flexibility index (Phi) is 4.78. The summed E-state index contributed by atoms with van der Waals surface area (Å²) in [6.07, 6.45) is 1.26. The summed E-state index contributed by atoms with van der Waals surface area (Å²) in [6, 6.07) is 4.88. The molecule has 6 N–H and O–H groups in total. The zero-order valence-electron chi connectivity index (χ0n) is 9.94. The van der Waals surface area contributed by atoms with Crippen LogP contribution in [0.25, 0.3) is 0 Å². The SMILES string of the molecule is CC(O)CCCNc1cc(C(N)=O)ccc1N. The van der Waals surface area contributed by atoms with Gasteiger partial charge in [0, 0.05) is 12.1 Å². The van der Waals surface area contributed by atoms with Crippen LogP contribution >= 0.6 is 0 Å². The van der Waals surface area contributed by atoms with Crippen molar-refractivity contribution in [1.82, 2.24) is 0 Å². The summed E-state index contributed by atoms with van der Waals surface area (Å²) in [6.45, 7) is 2.44. The molecular formula is C12H19N3O2. The molecule has 94 valence electrons. The van der Waals surface area contributed by atoms with Crippen LogP contribution in [0, 0.1) is 0 Å². The average molecular weight is 237 g/mol. The summed E-state index contributed by atoms with van der Waals surface area (Å²) in [5.41, 5.74) is 12.7. The lowest BCUT2D eigenvalue weighted by molar-refractivity contribution is 0.100. The fraction of sp³-hybridized carbons (Fsp3) is 0.417. The Hall–Kier alpha value is -1.75. The Bertz CT molecular complexity index is 391. The minimum absolute atomic E-state index is 0.300. The molecule has 1 rings (SSSR count). The first-order valence-electron chi connectivity index (χ1n) is 5.62. The highest BCUT2D eigenvalue weighted by molar-refractivity contribution is 5.94. The lowest BCUT2D eigenvalue weighted by Gasteiger charge is -2.11. The van der Waals surface area contributed by atoms with Crippen molar-refractivity contribution in [2.45, 2.75) is 25.9 Å². The van der Waals surface area contributed by atoms with Gasteiger partial charge in [-0.15, -0.1) is 0 Å². The molecule has 1 aromatic carbocycles. The van der Waals surface area contributed by atoms with Crippen molar-refractivity contribution in [2.75, 3.05) is 17.6 Å². The van der Waals surface area contributed by atoms with Gasteiger partial charge in [-0.2, -0.15) is 0 Å². The quantitative estimate of drug-likeness (QED) is 0.437. The highest BCUT2D eigenvalue weighted by atomic mass is 16.3. The molecule has 0 aliphatic heterocycles. The number of primary amides is 1. The van der Waals surface area contributed by atoms with E-state index in [-0.39, 0.29) is 6.10 Å². The maximum atomic E-state index is 11.0. The highest BCUT2D eigenvalue weighted by Gasteiger charge is 2.04. The van der Waals surface area contributed by atoms with Gasteiger partial charge in [0.15, 0.2) is 0 Å². The van der Waals surface area contributed by atoms with Crippen molar-refractivity contribution in [1.29, 1.82) is 0 Å². The number of aliphatic hydroxyl groups excluding tert-OH is 1. The van der Waals surface area contributed by atoms with E-state index in [0.717, 1.165) is 12.8 Å². The van der Waals surface area contributed by atoms with Crippen LogP contribution in [0.2, 0.25) is 0 Å². The monoisotopic (exact) mass is 237 g/mol. The summed E-state index contributed by atoms with van der Waals surface area (Å²) >= 11 is 0. The predicted octanol–water partition coefficient (Wildman–Crippen LogP) is 0.941. The molecule has 5 heteroatoms. The van der Waals surface area contributed by atoms with Crippen LogP contribution in [0.1, 0.15) is 30.1 Å². The molecule has 1 aromatic rings. The lowest BCUT2D eigenvalue weighted by atomic mass is 10.1. The second-order valence-electron chi connectivity index (χ2n) is 4.08. The smallest absolute Gasteiger partial charge is 0.248 e. The molecule has 1 atom stereocenters. The van der Waals surface area contributed by atoms with Gasteiger partial charge in [0.05, 0.1) is 17.5 Å². The summed E-state index contributed by atoms with van der Waals surface area (Å²) in [5, 5.41) is 12.2. The first-order chi connectivity index (χ1) is 8.00. The molecule has 0 bridgehead atoms. The first kappa shape index (κ1) is 13.3. The number of amides is 1. The molecule has 1 amide bonds. The third kappa shape index (κ3) is 4.32. The Morgan fingerprint density at radius 1 is 1.53 bits per heavy atom. The van der Waals surface area contributed by atoms with Crippen LogP contribution in [-0.4, -0.2) is 23.7 Å². The number of carbonyl (C=O) groups is 1. The topological polar surface area (TPSA) is 101 Å². The minimum atomic E-state index is -0.475. The summed E-state index contributed by atoms with van der Waals surface area (Å²) < 4.78 is 0. The van der Waals surface area contributed by atoms with Crippen LogP contribution in [0.3, 0.4) is 0 Å². The van der Waals surface area contributed by atoms with Gasteiger partial charge in [-0.25, -0.2) is 0 Å². The molecule has 0 saturated carbocycles. The number of nitrogen functional groups attached to an aromatic ring is 1. The van der Waals surface area contributed by atoms with Crippen LogP contribution in [0.15, 0.2) is 18.2 Å². The van der Waals surface area contributed by atoms with E-state index in [2.05, 4.69) is 5.32 Å². The number of benzene rings is 1. The molecule has 0 aliphatic rings. The molecule has 0 saturated heterocycles. The molecule has 1 unspecified atom stereocenters. The minimum Gasteiger partial charge on any atom is -0.397 e. The number of rotatable bonds is 6. The van der Waals surface area contributed by atoms with Gasteiger partial charge in [0.2, 0.25) is 5.91 Å². The number of nitrogens with two attached hydrogens (primary N) is 2. The van der Waals surface area contributed by atoms with Crippen molar-refractivity contribution >= 4 is 17.3 Å². The van der Waals surface area contributed by atoms with E-state index >= 15 is 0 Å². The molecular weight excluding hydrogens is 218 g/mol. The van der Waals surface area contributed by atoms with E-state index in [1.165, 1.54) is 0 Å². The van der Waals surface area contributed by atoms with Gasteiger partial charge >= 0.3 is 0 Å². The molecule has 5 nitrogen and oxygen atoms in total. The standard InChI is InChI=1S/C12H19N3O2/c1-8(16)3-2-6-15-11-7-9(12(14)17)4-5-10(11)13/h4-5,7-8,15-16H,2-3,6,13H2,1H3,(H2,14,17). The second-order valence-corrected chi connectivity index (χ2v) is 4.08. The zero-order valence-corrected chi connectivity index (χ0v) is 9.94. The summed E-state index contributed by atoms with van der Waals surface area (Å²) in [5.74, 6) is -0.475. The molecule has 0 aliphatic carbocycles. The number of anilines is 2. The zero-order chi connectivity index (χ0) is 12.8. The molecule has 17 heavy (non-hydrogen) atoms. The Morgan fingerprint density at radius 2 is 2.24 bits per heavy atom. The van der Waals surface area contributed by atoms with Crippen molar-refractivity contribution in [2.24, 2.45) is 5.73 Å². The van der Waals surface area contributed by atoms with Crippen molar-refractivity contribution in [3.63, 3.8) is 0 Å². The fourth-order valence-corrected chi connectivity index (χ4v) is 1.48. The van der Waals surface area contributed by atoms with E-state index in [9.17, 15) is 4.79 Å². The molecule has 0 aromatic heterocycles. The maximum Gasteiger partial charge on any atom is 0.248 e. The number of hydrogen-bond acceptors (Lipinski definition) is 4. The normalized spacial score (nSPS) is 12.1. The lowest BCUT2D eigenvalue weighted by Crippen LogP contribution is -2.13. The summed E-state index contributed by atoms with van der Waals surface area (Å²) in [4.78, 5) is 11.0. The Morgan fingerprint density at radius 3 is 2.82 bits per heavy atom. The third-order valence-corrected chi connectivity index (χ3v) is 2.45. The second kappa shape index (κ2) is 6.10. The number of hydrogen-bond donors (Lipinski definition) is 4. The van der Waals surface area contributed by atoms with Crippen LogP contribution in [0.5, 0.6) is 0 Å². The van der Waals surface area contributed by atoms with Crippen LogP contribution in [-0.2, 0) is 0 Å². The van der Waals surface area contributed by atoms with E-state index in [0.29, 0.717) is 23.5 Å². The maximum absolute atomic E-state index is 11.0. The number of nitrogens with one attached hydrogen (secondary N) is 1. The highest BCUT2D eigenvalue weighted by Crippen LogP contribution is 2.19. The Balaban J connectivity index is 2.57. The third-order valence-electron chi connectivity index (χ3n) is 2.45. The van der Waals surface area contributed by atoms with Crippen molar-refractivity contribution in [3.8, 4) is 0 Å². The molecule has 0 radical (unpaired) electrons. The van der Waals surface area contributed by atoms with Crippen molar-refractivity contribution < 1.29 is 9.90 Å². The van der Waals surface area contributed by atoms with Gasteiger partial charge in [0.1, 0.15) is 0 Å². The van der Waals surface area contributed by atoms with E-state index < -0.39 is 5.91 Å². The first-order valence-corrected chi connectivity index (χ1v) is 5.62. The molecule has 0 heterocycles. The van der Waals surface area contributed by atoms with Crippen LogP contribution < -0.4 is 16.8 Å². The largest absolute Gasteiger partial charge is 0.397 e. The van der Waals surface area contributed by atoms with Crippen LogP contribution in [0.4, 0.5) is 11.4 Å². The molecule has 0 spiro atoms. The van der Waals surface area contributed by atoms with Gasteiger partial charge < -0.3 is 21.9 Å². The number of aliphatic hydroxyl groups is 1. The Labute approximate surface area is 101 Å². The number of carbonyl (C=O) groups excluding carboxylic acids is 1. The van der Waals surface area contributed by atoms with Gasteiger partial charge in [-0.1, -0.05) is 0 Å². The average Bonchev–Trinajstić information content (AvgIpc) is 2.25. The van der Waals surface area contributed by atoms with E-state index in [1.807, 2.05) is 0 Å². The fourth-order valence-electron chi connectivity index (χ4n) is 1.48. The van der Waals surface area contributed by atoms with Gasteiger partial charge in [-0.05, 0) is 38.0 Å². The van der Waals surface area contributed by atoms with E-state index in [4.69, 9.17) is 16.6 Å². The van der Waals surface area contributed by atoms with Crippen molar-refractivity contribution in [3.05, 3.63) is 23.8 Å². The van der Waals surface area contributed by atoms with Gasteiger partial charge in [-0.3, -0.25) is 4.79 Å². The predicted molar refractivity (Wildman–Crippen MR) is 68.8 cm³/mol. The van der Waals surface area contributed by atoms with Gasteiger partial charge in [0.25, 0.3) is 0 Å². The summed E-state index contributed by atoms with van der Waals surface area (Å²) in [7, 11) is 0.